The van der Waals surface area contributed by atoms with Gasteiger partial charge in [-0.1, -0.05) is 12.1 Å². The van der Waals surface area contributed by atoms with E-state index in [1.807, 2.05) is 0 Å². The normalized spacial score (nSPS) is 12.0. The average molecular weight is 480 g/mol. The molecular weight excluding hydrogens is 458 g/mol. The van der Waals surface area contributed by atoms with Crippen LogP contribution in [0.4, 0.5) is 8.78 Å². The molecule has 3 heterocycles. The van der Waals surface area contributed by atoms with Crippen LogP contribution in [0.1, 0.15) is 53.1 Å². The molecule has 3 aromatic heterocycles. The summed E-state index contributed by atoms with van der Waals surface area (Å²) in [6, 6.07) is 7.28. The first-order valence-electron chi connectivity index (χ1n) is 10.9. The lowest BCUT2D eigenvalue weighted by atomic mass is 10.1. The first-order valence-corrected chi connectivity index (χ1v) is 10.9. The molecule has 0 atom stereocenters. The number of pyridine rings is 2. The number of fused-ring (bicyclic) bond motifs is 2. The van der Waals surface area contributed by atoms with Gasteiger partial charge in [0, 0.05) is 12.2 Å². The van der Waals surface area contributed by atoms with E-state index in [0.29, 0.717) is 5.65 Å². The number of hydrogen-bond acceptors (Lipinski definition) is 5. The molecule has 35 heavy (non-hydrogen) atoms. The van der Waals surface area contributed by atoms with Crippen molar-refractivity contribution < 1.29 is 23.1 Å². The van der Waals surface area contributed by atoms with Gasteiger partial charge in [0.05, 0.1) is 12.0 Å². The Labute approximate surface area is 198 Å². The molecule has 10 heteroatoms. The number of halogens is 2. The third-order valence-corrected chi connectivity index (χ3v) is 5.45. The first-order chi connectivity index (χ1) is 16.6. The summed E-state index contributed by atoms with van der Waals surface area (Å²) >= 11 is 0. The van der Waals surface area contributed by atoms with E-state index in [0.717, 1.165) is 23.8 Å². The van der Waals surface area contributed by atoms with Crippen LogP contribution in [0, 0.1) is 18.6 Å². The zero-order valence-electron chi connectivity index (χ0n) is 19.5. The third-order valence-electron chi connectivity index (χ3n) is 5.45. The summed E-state index contributed by atoms with van der Waals surface area (Å²) in [7, 11) is 0. The summed E-state index contributed by atoms with van der Waals surface area (Å²) in [5.41, 5.74) is -0.465. The second-order valence-electron chi connectivity index (χ2n) is 8.12. The van der Waals surface area contributed by atoms with Crippen molar-refractivity contribution in [2.75, 3.05) is 6.61 Å². The van der Waals surface area contributed by atoms with Gasteiger partial charge in [-0.25, -0.2) is 18.6 Å². The minimum atomic E-state index is -1.23. The number of aromatic nitrogens is 3. The molecule has 4 aromatic rings. The predicted molar refractivity (Wildman–Crippen MR) is 124 cm³/mol. The summed E-state index contributed by atoms with van der Waals surface area (Å²) in [6.45, 7) is 6.88. The number of benzene rings is 1. The maximum Gasteiger partial charge on any atom is 0.341 e. The molecule has 4 rings (SSSR count). The largest absolute Gasteiger partial charge is 0.462 e. The summed E-state index contributed by atoms with van der Waals surface area (Å²) in [6.07, 6.45) is 1.56. The zero-order valence-corrected chi connectivity index (χ0v) is 19.5. The van der Waals surface area contributed by atoms with E-state index in [2.05, 4.69) is 9.98 Å². The van der Waals surface area contributed by atoms with Crippen LogP contribution in [0.15, 0.2) is 52.4 Å². The lowest BCUT2D eigenvalue weighted by Crippen LogP contribution is -2.34. The molecule has 1 aromatic carbocycles. The van der Waals surface area contributed by atoms with Gasteiger partial charge in [-0.3, -0.25) is 14.0 Å². The van der Waals surface area contributed by atoms with Crippen molar-refractivity contribution in [3.05, 3.63) is 86.8 Å². The van der Waals surface area contributed by atoms with Crippen LogP contribution in [-0.2, 0) is 4.74 Å². The number of aryl methyl sites for hydroxylation is 1. The Morgan fingerprint density at radius 2 is 1.80 bits per heavy atom. The number of carbonyl (C=O) groups excluding carboxylic acids is 2. The van der Waals surface area contributed by atoms with Gasteiger partial charge < -0.3 is 9.30 Å². The molecule has 0 fully saturated rings. The van der Waals surface area contributed by atoms with Crippen molar-refractivity contribution in [1.29, 1.82) is 0 Å². The monoisotopic (exact) mass is 480 g/mol. The SMILES string of the molecule is CCOC(=O)c1cc2c(=O)n3cccc(C)c3nc2n(C(C)C)c1=NC(=O)c1c(F)cccc1F. The molecule has 1 amide bonds. The average Bonchev–Trinajstić information content (AvgIpc) is 2.79. The van der Waals surface area contributed by atoms with Crippen LogP contribution < -0.4 is 11.0 Å². The number of nitrogens with zero attached hydrogens (tertiary/aromatic N) is 4. The fourth-order valence-electron chi connectivity index (χ4n) is 3.87. The second-order valence-corrected chi connectivity index (χ2v) is 8.12. The lowest BCUT2D eigenvalue weighted by molar-refractivity contribution is 0.0523. The van der Waals surface area contributed by atoms with Crippen LogP contribution in [0.2, 0.25) is 0 Å². The smallest absolute Gasteiger partial charge is 0.341 e. The van der Waals surface area contributed by atoms with E-state index in [4.69, 9.17) is 4.74 Å². The fraction of sp³-hybridized carbons (Fsp3) is 0.240. The molecule has 0 saturated carbocycles. The van der Waals surface area contributed by atoms with E-state index in [9.17, 15) is 23.2 Å². The van der Waals surface area contributed by atoms with Gasteiger partial charge in [-0.15, -0.1) is 0 Å². The minimum absolute atomic E-state index is 0.0159. The Balaban J connectivity index is 2.20. The fourth-order valence-corrected chi connectivity index (χ4v) is 3.87. The van der Waals surface area contributed by atoms with Crippen LogP contribution in [0.3, 0.4) is 0 Å². The molecule has 0 saturated heterocycles. The maximum atomic E-state index is 14.3. The molecule has 180 valence electrons. The van der Waals surface area contributed by atoms with Gasteiger partial charge in [0.1, 0.15) is 34.1 Å². The van der Waals surface area contributed by atoms with Crippen LogP contribution in [-0.4, -0.2) is 32.4 Å². The second kappa shape index (κ2) is 9.21. The van der Waals surface area contributed by atoms with Gasteiger partial charge in [0.25, 0.3) is 11.5 Å². The molecule has 8 nitrogen and oxygen atoms in total. The van der Waals surface area contributed by atoms with Crippen LogP contribution >= 0.6 is 0 Å². The molecule has 0 unspecified atom stereocenters. The van der Waals surface area contributed by atoms with E-state index >= 15 is 0 Å². The molecule has 0 spiro atoms. The molecule has 0 aliphatic rings. The van der Waals surface area contributed by atoms with Gasteiger partial charge in [-0.05, 0) is 57.5 Å². The Morgan fingerprint density at radius 1 is 1.11 bits per heavy atom. The predicted octanol–water partition coefficient (Wildman–Crippen LogP) is 3.73. The zero-order chi connectivity index (χ0) is 25.4. The Hall–Kier alpha value is -4.21. The minimum Gasteiger partial charge on any atom is -0.462 e. The van der Waals surface area contributed by atoms with Crippen LogP contribution in [0.25, 0.3) is 16.7 Å². The molecule has 0 aliphatic carbocycles. The Bertz CT molecular complexity index is 1620. The highest BCUT2D eigenvalue weighted by Crippen LogP contribution is 2.18. The van der Waals surface area contributed by atoms with Gasteiger partial charge >= 0.3 is 5.97 Å². The molecule has 0 N–H and O–H groups in total. The highest BCUT2D eigenvalue weighted by Gasteiger charge is 2.23. The number of ether oxygens (including phenoxy) is 1. The highest BCUT2D eigenvalue weighted by atomic mass is 19.1. The van der Waals surface area contributed by atoms with E-state index in [1.54, 1.807) is 46.0 Å². The maximum absolute atomic E-state index is 14.3. The van der Waals surface area contributed by atoms with E-state index in [1.165, 1.54) is 15.0 Å². The van der Waals surface area contributed by atoms with Gasteiger partial charge in [-0.2, -0.15) is 4.99 Å². The number of esters is 1. The standard InChI is InChI=1S/C25H22F2N4O4/c1-5-35-25(34)16-12-15-21(28-20-14(4)8-7-11-30(20)24(15)33)31(13(2)3)22(16)29-23(32)19-17(26)9-6-10-18(19)27/h6-13H,5H2,1-4H3. The first kappa shape index (κ1) is 23.9. The van der Waals surface area contributed by atoms with E-state index in [-0.39, 0.29) is 28.7 Å². The van der Waals surface area contributed by atoms with Crippen molar-refractivity contribution in [3.8, 4) is 0 Å². The summed E-state index contributed by atoms with van der Waals surface area (Å²) in [5, 5.41) is 0.0910. The number of amides is 1. The van der Waals surface area contributed by atoms with Gasteiger partial charge in [0.15, 0.2) is 5.49 Å². The summed E-state index contributed by atoms with van der Waals surface area (Å²) in [5.74, 6) is -4.26. The Kier molecular flexibility index (Phi) is 6.29. The summed E-state index contributed by atoms with van der Waals surface area (Å²) < 4.78 is 36.5. The molecule has 0 aliphatic heterocycles. The van der Waals surface area contributed by atoms with Crippen molar-refractivity contribution in [1.82, 2.24) is 14.0 Å². The molecule has 0 bridgehead atoms. The Morgan fingerprint density at radius 3 is 2.43 bits per heavy atom. The van der Waals surface area contributed by atoms with Crippen LogP contribution in [0.5, 0.6) is 0 Å². The molecule has 0 radical (unpaired) electrons. The van der Waals surface area contributed by atoms with Crippen molar-refractivity contribution in [3.63, 3.8) is 0 Å². The lowest BCUT2D eigenvalue weighted by Gasteiger charge is -2.18. The van der Waals surface area contributed by atoms with Crippen molar-refractivity contribution >= 4 is 28.6 Å². The topological polar surface area (TPSA) is 95.0 Å². The van der Waals surface area contributed by atoms with Gasteiger partial charge in [0.2, 0.25) is 0 Å². The summed E-state index contributed by atoms with van der Waals surface area (Å²) in [4.78, 5) is 47.8. The number of rotatable bonds is 4. The van der Waals surface area contributed by atoms with E-state index < -0.39 is 40.7 Å². The number of carbonyl (C=O) groups is 2. The highest BCUT2D eigenvalue weighted by molar-refractivity contribution is 5.97. The quantitative estimate of drug-likeness (QED) is 0.328. The third kappa shape index (κ3) is 4.11. The molecular formula is C25H22F2N4O4. The number of hydrogen-bond donors (Lipinski definition) is 0. The van der Waals surface area contributed by atoms with Crippen molar-refractivity contribution in [2.45, 2.75) is 33.7 Å². The van der Waals surface area contributed by atoms with Crippen molar-refractivity contribution in [2.24, 2.45) is 4.99 Å².